The number of H-pyrrole nitrogens is 1. The van der Waals surface area contributed by atoms with Crippen LogP contribution in [0.25, 0.3) is 21.9 Å². The van der Waals surface area contributed by atoms with Gasteiger partial charge in [-0.2, -0.15) is 0 Å². The summed E-state index contributed by atoms with van der Waals surface area (Å²) in [5, 5.41) is 11.6. The van der Waals surface area contributed by atoms with E-state index >= 15 is 0 Å². The molecule has 0 radical (unpaired) electrons. The van der Waals surface area contributed by atoms with Crippen LogP contribution >= 0.6 is 0 Å². The molecule has 2 aromatic heterocycles. The third-order valence-electron chi connectivity index (χ3n) is 5.41. The summed E-state index contributed by atoms with van der Waals surface area (Å²) in [6.07, 6.45) is 1.01. The Hall–Kier alpha value is -3.55. The lowest BCUT2D eigenvalue weighted by molar-refractivity contribution is -0.122. The number of hydrogen-bond donors (Lipinski definition) is 2. The molecule has 0 bridgehead atoms. The molecule has 0 saturated heterocycles. The summed E-state index contributed by atoms with van der Waals surface area (Å²) in [4.78, 5) is 33.2. The van der Waals surface area contributed by atoms with E-state index in [1.807, 2.05) is 24.3 Å². The average Bonchev–Trinajstić information content (AvgIpc) is 3.20. The first-order chi connectivity index (χ1) is 14.6. The lowest BCUT2D eigenvalue weighted by Crippen LogP contribution is -2.35. The normalized spacial score (nSPS) is 13.4. The highest BCUT2D eigenvalue weighted by Crippen LogP contribution is 2.24. The maximum absolute atomic E-state index is 12.7. The Morgan fingerprint density at radius 2 is 1.87 bits per heavy atom. The Labute approximate surface area is 173 Å². The largest absolute Gasteiger partial charge is 0.346 e. The number of rotatable bonds is 7. The van der Waals surface area contributed by atoms with Crippen molar-refractivity contribution in [2.45, 2.75) is 39.3 Å². The standard InChI is InChI=1S/C22H24N6O2/c1-3-14(2)20(21-23-17-10-6-7-11-18(17)24-21)25-19(29)12-13-28-22(30)15-8-4-5-9-16(15)26-27-28/h4-11,14,20H,3,12-13H2,1-2H3,(H,23,24)(H,25,29)/t14-,20-/m1/s1. The number of nitrogens with zero attached hydrogens (tertiary/aromatic N) is 4. The molecule has 2 atom stereocenters. The van der Waals surface area contributed by atoms with Gasteiger partial charge in [-0.1, -0.05) is 49.7 Å². The molecule has 0 aliphatic rings. The second-order valence-electron chi connectivity index (χ2n) is 7.45. The Kier molecular flexibility index (Phi) is 5.56. The molecule has 0 fully saturated rings. The van der Waals surface area contributed by atoms with E-state index in [1.54, 1.807) is 24.3 Å². The van der Waals surface area contributed by atoms with Crippen LogP contribution < -0.4 is 10.9 Å². The number of aryl methyl sites for hydroxylation is 1. The molecule has 2 N–H and O–H groups in total. The van der Waals surface area contributed by atoms with E-state index in [2.05, 4.69) is 39.4 Å². The Bertz CT molecular complexity index is 1210. The maximum atomic E-state index is 12.7. The number of amides is 1. The zero-order chi connectivity index (χ0) is 21.1. The Morgan fingerprint density at radius 1 is 1.13 bits per heavy atom. The third-order valence-corrected chi connectivity index (χ3v) is 5.41. The van der Waals surface area contributed by atoms with Crippen molar-refractivity contribution in [1.82, 2.24) is 30.3 Å². The highest BCUT2D eigenvalue weighted by Gasteiger charge is 2.23. The van der Waals surface area contributed by atoms with Gasteiger partial charge in [-0.15, -0.1) is 5.10 Å². The fourth-order valence-electron chi connectivity index (χ4n) is 3.46. The highest BCUT2D eigenvalue weighted by molar-refractivity contribution is 5.78. The van der Waals surface area contributed by atoms with E-state index in [1.165, 1.54) is 4.68 Å². The van der Waals surface area contributed by atoms with Crippen LogP contribution in [-0.4, -0.2) is 30.9 Å². The van der Waals surface area contributed by atoms with Gasteiger partial charge in [0.15, 0.2) is 0 Å². The summed E-state index contributed by atoms with van der Waals surface area (Å²) in [6.45, 7) is 4.32. The molecule has 4 aromatic rings. The number of imidazole rings is 1. The SMILES string of the molecule is CC[C@@H](C)[C@@H](NC(=O)CCn1nnc2ccccc2c1=O)c1nc2ccccc2[nH]1. The van der Waals surface area contributed by atoms with Crippen LogP contribution in [0.3, 0.4) is 0 Å². The molecule has 4 rings (SSSR count). The van der Waals surface area contributed by atoms with Gasteiger partial charge in [0.25, 0.3) is 5.56 Å². The molecular weight excluding hydrogens is 380 g/mol. The summed E-state index contributed by atoms with van der Waals surface area (Å²) < 4.78 is 1.24. The van der Waals surface area contributed by atoms with Gasteiger partial charge in [-0.05, 0) is 30.2 Å². The fraction of sp³-hybridized carbons (Fsp3) is 0.318. The third kappa shape index (κ3) is 3.94. The number of nitrogens with one attached hydrogen (secondary N) is 2. The second kappa shape index (κ2) is 8.44. The lowest BCUT2D eigenvalue weighted by atomic mass is 9.98. The van der Waals surface area contributed by atoms with Gasteiger partial charge >= 0.3 is 0 Å². The zero-order valence-corrected chi connectivity index (χ0v) is 17.0. The summed E-state index contributed by atoms with van der Waals surface area (Å²) in [5.74, 6) is 0.766. The second-order valence-corrected chi connectivity index (χ2v) is 7.45. The van der Waals surface area contributed by atoms with Gasteiger partial charge in [0, 0.05) is 6.42 Å². The van der Waals surface area contributed by atoms with Crippen molar-refractivity contribution in [2.75, 3.05) is 0 Å². The number of fused-ring (bicyclic) bond motifs is 2. The van der Waals surface area contributed by atoms with E-state index in [-0.39, 0.29) is 36.4 Å². The molecule has 0 aliphatic carbocycles. The smallest absolute Gasteiger partial charge is 0.277 e. The predicted octanol–water partition coefficient (Wildman–Crippen LogP) is 2.96. The fourth-order valence-corrected chi connectivity index (χ4v) is 3.46. The topological polar surface area (TPSA) is 106 Å². The number of aromatic nitrogens is 5. The monoisotopic (exact) mass is 404 g/mol. The van der Waals surface area contributed by atoms with Crippen molar-refractivity contribution < 1.29 is 4.79 Å². The van der Waals surface area contributed by atoms with Crippen LogP contribution in [0.5, 0.6) is 0 Å². The first-order valence-corrected chi connectivity index (χ1v) is 10.1. The van der Waals surface area contributed by atoms with Crippen LogP contribution in [0.2, 0.25) is 0 Å². The lowest BCUT2D eigenvalue weighted by Gasteiger charge is -2.22. The number of hydrogen-bond acceptors (Lipinski definition) is 5. The minimum atomic E-state index is -0.246. The summed E-state index contributed by atoms with van der Waals surface area (Å²) in [6, 6.07) is 14.6. The van der Waals surface area contributed by atoms with Gasteiger partial charge in [-0.25, -0.2) is 9.67 Å². The molecule has 0 unspecified atom stereocenters. The number of carbonyl (C=O) groups excluding carboxylic acids is 1. The van der Waals surface area contributed by atoms with Crippen molar-refractivity contribution >= 4 is 27.8 Å². The number of carbonyl (C=O) groups is 1. The minimum absolute atomic E-state index is 0.125. The van der Waals surface area contributed by atoms with Gasteiger partial charge in [-0.3, -0.25) is 9.59 Å². The van der Waals surface area contributed by atoms with Gasteiger partial charge < -0.3 is 10.3 Å². The van der Waals surface area contributed by atoms with Crippen LogP contribution in [0, 0.1) is 5.92 Å². The maximum Gasteiger partial charge on any atom is 0.277 e. The molecule has 154 valence electrons. The number of para-hydroxylation sites is 2. The molecule has 8 nitrogen and oxygen atoms in total. The Morgan fingerprint density at radius 3 is 2.63 bits per heavy atom. The molecule has 2 aromatic carbocycles. The van der Waals surface area contributed by atoms with E-state index in [9.17, 15) is 9.59 Å². The van der Waals surface area contributed by atoms with Crippen molar-refractivity contribution in [3.63, 3.8) is 0 Å². The van der Waals surface area contributed by atoms with E-state index in [0.29, 0.717) is 10.9 Å². The van der Waals surface area contributed by atoms with E-state index in [4.69, 9.17) is 0 Å². The summed E-state index contributed by atoms with van der Waals surface area (Å²) in [5.41, 5.74) is 2.11. The van der Waals surface area contributed by atoms with Crippen LogP contribution in [0.1, 0.15) is 38.6 Å². The van der Waals surface area contributed by atoms with Crippen molar-refractivity contribution in [1.29, 1.82) is 0 Å². The van der Waals surface area contributed by atoms with E-state index < -0.39 is 0 Å². The molecule has 30 heavy (non-hydrogen) atoms. The minimum Gasteiger partial charge on any atom is -0.346 e. The molecule has 2 heterocycles. The van der Waals surface area contributed by atoms with Crippen molar-refractivity contribution in [3.8, 4) is 0 Å². The molecule has 1 amide bonds. The summed E-state index contributed by atoms with van der Waals surface area (Å²) >= 11 is 0. The van der Waals surface area contributed by atoms with Gasteiger partial charge in [0.1, 0.15) is 11.3 Å². The van der Waals surface area contributed by atoms with Gasteiger partial charge in [0.2, 0.25) is 5.91 Å². The first-order valence-electron chi connectivity index (χ1n) is 10.1. The highest BCUT2D eigenvalue weighted by atomic mass is 16.2. The first kappa shape index (κ1) is 19.8. The molecule has 8 heteroatoms. The van der Waals surface area contributed by atoms with Crippen molar-refractivity contribution in [2.24, 2.45) is 5.92 Å². The van der Waals surface area contributed by atoms with Crippen LogP contribution in [0.4, 0.5) is 0 Å². The molecule has 0 saturated carbocycles. The van der Waals surface area contributed by atoms with Crippen molar-refractivity contribution in [3.05, 3.63) is 64.7 Å². The molecular formula is C22H24N6O2. The van der Waals surface area contributed by atoms with Crippen LogP contribution in [0.15, 0.2) is 53.3 Å². The zero-order valence-electron chi connectivity index (χ0n) is 17.0. The van der Waals surface area contributed by atoms with E-state index in [0.717, 1.165) is 23.3 Å². The Balaban J connectivity index is 1.49. The van der Waals surface area contributed by atoms with Gasteiger partial charge in [0.05, 0.1) is 29.0 Å². The van der Waals surface area contributed by atoms with Crippen LogP contribution in [-0.2, 0) is 11.3 Å². The molecule has 0 spiro atoms. The average molecular weight is 404 g/mol. The summed E-state index contributed by atoms with van der Waals surface area (Å²) in [7, 11) is 0. The number of benzene rings is 2. The molecule has 0 aliphatic heterocycles. The number of aromatic amines is 1. The predicted molar refractivity (Wildman–Crippen MR) is 115 cm³/mol. The quantitative estimate of drug-likeness (QED) is 0.493.